The SMILES string of the molecule is CC(=O)N1C(=O)C(F)Oc2ccccc21. The van der Waals surface area contributed by atoms with Crippen molar-refractivity contribution >= 4 is 17.5 Å². The van der Waals surface area contributed by atoms with E-state index >= 15 is 0 Å². The third-order valence-electron chi connectivity index (χ3n) is 2.07. The van der Waals surface area contributed by atoms with Crippen LogP contribution in [0.3, 0.4) is 0 Å². The van der Waals surface area contributed by atoms with Gasteiger partial charge in [0.25, 0.3) is 0 Å². The fourth-order valence-corrected chi connectivity index (χ4v) is 1.45. The summed E-state index contributed by atoms with van der Waals surface area (Å²) in [5, 5.41) is 0. The first-order valence-corrected chi connectivity index (χ1v) is 4.35. The highest BCUT2D eigenvalue weighted by molar-refractivity contribution is 6.17. The maximum absolute atomic E-state index is 13.1. The van der Waals surface area contributed by atoms with Crippen molar-refractivity contribution in [1.82, 2.24) is 0 Å². The largest absolute Gasteiger partial charge is 0.450 e. The molecule has 0 aliphatic carbocycles. The van der Waals surface area contributed by atoms with E-state index in [2.05, 4.69) is 0 Å². The lowest BCUT2D eigenvalue weighted by atomic mass is 10.2. The van der Waals surface area contributed by atoms with E-state index in [1.165, 1.54) is 19.1 Å². The van der Waals surface area contributed by atoms with Crippen molar-refractivity contribution in [1.29, 1.82) is 0 Å². The summed E-state index contributed by atoms with van der Waals surface area (Å²) in [5.41, 5.74) is 0.281. The van der Waals surface area contributed by atoms with Gasteiger partial charge in [-0.15, -0.1) is 0 Å². The normalized spacial score (nSPS) is 19.5. The van der Waals surface area contributed by atoms with Gasteiger partial charge in [0.1, 0.15) is 5.75 Å². The van der Waals surface area contributed by atoms with Gasteiger partial charge in [-0.25, -0.2) is 4.90 Å². The minimum absolute atomic E-state index is 0.194. The van der Waals surface area contributed by atoms with Crippen LogP contribution in [0, 0.1) is 0 Å². The Morgan fingerprint density at radius 1 is 1.47 bits per heavy atom. The number of anilines is 1. The Morgan fingerprint density at radius 2 is 2.13 bits per heavy atom. The molecule has 1 atom stereocenters. The van der Waals surface area contributed by atoms with E-state index in [1.807, 2.05) is 0 Å². The Morgan fingerprint density at radius 3 is 2.80 bits per heavy atom. The van der Waals surface area contributed by atoms with Crippen LogP contribution in [0.2, 0.25) is 0 Å². The molecule has 1 aliphatic rings. The molecule has 0 bridgehead atoms. The number of rotatable bonds is 0. The van der Waals surface area contributed by atoms with Gasteiger partial charge in [-0.3, -0.25) is 9.59 Å². The number of hydrogen-bond acceptors (Lipinski definition) is 3. The summed E-state index contributed by atoms with van der Waals surface area (Å²) < 4.78 is 17.8. The van der Waals surface area contributed by atoms with E-state index in [9.17, 15) is 14.0 Å². The maximum atomic E-state index is 13.1. The number of carbonyl (C=O) groups is 2. The van der Waals surface area contributed by atoms with Gasteiger partial charge in [-0.2, -0.15) is 4.39 Å². The fraction of sp³-hybridized carbons (Fsp3) is 0.200. The van der Waals surface area contributed by atoms with Gasteiger partial charge in [0.15, 0.2) is 0 Å². The average molecular weight is 209 g/mol. The van der Waals surface area contributed by atoms with Gasteiger partial charge in [0.05, 0.1) is 5.69 Å². The summed E-state index contributed by atoms with van der Waals surface area (Å²) in [6.07, 6.45) is -2.11. The van der Waals surface area contributed by atoms with Crippen LogP contribution in [-0.2, 0) is 9.59 Å². The first kappa shape index (κ1) is 9.64. The molecule has 5 heteroatoms. The van der Waals surface area contributed by atoms with Crippen molar-refractivity contribution < 1.29 is 18.7 Å². The predicted octanol–water partition coefficient (Wildman–Crippen LogP) is 1.25. The highest BCUT2D eigenvalue weighted by Gasteiger charge is 2.36. The zero-order valence-electron chi connectivity index (χ0n) is 7.94. The Bertz CT molecular complexity index is 432. The van der Waals surface area contributed by atoms with Crippen LogP contribution in [0.4, 0.5) is 10.1 Å². The number of ether oxygens (including phenoxy) is 1. The fourth-order valence-electron chi connectivity index (χ4n) is 1.45. The molecule has 0 fully saturated rings. The quantitative estimate of drug-likeness (QED) is 0.646. The van der Waals surface area contributed by atoms with Crippen molar-refractivity contribution in [2.45, 2.75) is 13.3 Å². The topological polar surface area (TPSA) is 46.6 Å². The number of fused-ring (bicyclic) bond motifs is 1. The molecular formula is C10H8FNO3. The molecule has 1 aromatic rings. The van der Waals surface area contributed by atoms with Gasteiger partial charge in [-0.05, 0) is 12.1 Å². The van der Waals surface area contributed by atoms with Crippen LogP contribution in [0.25, 0.3) is 0 Å². The number of para-hydroxylation sites is 2. The molecule has 0 saturated carbocycles. The summed E-state index contributed by atoms with van der Waals surface area (Å²) in [6, 6.07) is 6.31. The molecular weight excluding hydrogens is 201 g/mol. The van der Waals surface area contributed by atoms with E-state index in [0.29, 0.717) is 0 Å². The number of alkyl halides is 1. The Hall–Kier alpha value is -1.91. The van der Waals surface area contributed by atoms with Crippen LogP contribution in [0.1, 0.15) is 6.92 Å². The van der Waals surface area contributed by atoms with Gasteiger partial charge in [0.2, 0.25) is 5.91 Å². The molecule has 0 spiro atoms. The van der Waals surface area contributed by atoms with Gasteiger partial charge in [0, 0.05) is 6.92 Å². The molecule has 15 heavy (non-hydrogen) atoms. The standard InChI is InChI=1S/C10H8FNO3/c1-6(13)12-7-4-2-3-5-8(7)15-9(11)10(12)14/h2-5,9H,1H3. The van der Waals surface area contributed by atoms with E-state index in [-0.39, 0.29) is 11.4 Å². The third kappa shape index (κ3) is 1.45. The third-order valence-corrected chi connectivity index (χ3v) is 2.07. The van der Waals surface area contributed by atoms with E-state index in [1.54, 1.807) is 12.1 Å². The molecule has 2 amide bonds. The number of benzene rings is 1. The van der Waals surface area contributed by atoms with E-state index in [4.69, 9.17) is 4.74 Å². The second kappa shape index (κ2) is 3.34. The second-order valence-electron chi connectivity index (χ2n) is 3.09. The van der Waals surface area contributed by atoms with Crippen LogP contribution in [0.5, 0.6) is 5.75 Å². The van der Waals surface area contributed by atoms with Crippen LogP contribution in [-0.4, -0.2) is 18.2 Å². The monoisotopic (exact) mass is 209 g/mol. The Balaban J connectivity index is 2.54. The van der Waals surface area contributed by atoms with Crippen molar-refractivity contribution in [3.63, 3.8) is 0 Å². The van der Waals surface area contributed by atoms with Crippen molar-refractivity contribution in [3.8, 4) is 5.75 Å². The molecule has 0 N–H and O–H groups in total. The molecule has 0 radical (unpaired) electrons. The molecule has 0 aromatic heterocycles. The van der Waals surface area contributed by atoms with Gasteiger partial charge < -0.3 is 4.74 Å². The maximum Gasteiger partial charge on any atom is 0.317 e. The number of nitrogens with zero attached hydrogens (tertiary/aromatic N) is 1. The zero-order chi connectivity index (χ0) is 11.0. The summed E-state index contributed by atoms with van der Waals surface area (Å²) >= 11 is 0. The minimum Gasteiger partial charge on any atom is -0.450 e. The number of hydrogen-bond donors (Lipinski definition) is 0. The molecule has 0 saturated heterocycles. The Kier molecular flexibility index (Phi) is 2.15. The Labute approximate surface area is 85.2 Å². The number of imide groups is 1. The average Bonchev–Trinajstić information content (AvgIpc) is 2.19. The second-order valence-corrected chi connectivity index (χ2v) is 3.09. The van der Waals surface area contributed by atoms with Gasteiger partial charge in [-0.1, -0.05) is 12.1 Å². The highest BCUT2D eigenvalue weighted by Crippen LogP contribution is 2.33. The number of amides is 2. The lowest BCUT2D eigenvalue weighted by molar-refractivity contribution is -0.137. The summed E-state index contributed by atoms with van der Waals surface area (Å²) in [6.45, 7) is 1.20. The zero-order valence-corrected chi connectivity index (χ0v) is 7.94. The van der Waals surface area contributed by atoms with Crippen LogP contribution >= 0.6 is 0 Å². The van der Waals surface area contributed by atoms with E-state index < -0.39 is 18.2 Å². The summed E-state index contributed by atoms with van der Waals surface area (Å²) in [4.78, 5) is 23.3. The smallest absolute Gasteiger partial charge is 0.317 e. The molecule has 78 valence electrons. The lowest BCUT2D eigenvalue weighted by Crippen LogP contribution is -2.46. The number of halogens is 1. The molecule has 1 heterocycles. The molecule has 4 nitrogen and oxygen atoms in total. The van der Waals surface area contributed by atoms with Gasteiger partial charge >= 0.3 is 12.3 Å². The van der Waals surface area contributed by atoms with E-state index in [0.717, 1.165) is 4.90 Å². The summed E-state index contributed by atoms with van der Waals surface area (Å²) in [5.74, 6) is -1.32. The molecule has 1 aromatic carbocycles. The first-order chi connectivity index (χ1) is 7.11. The molecule has 1 aliphatic heterocycles. The van der Waals surface area contributed by atoms with Crippen LogP contribution in [0.15, 0.2) is 24.3 Å². The predicted molar refractivity (Wildman–Crippen MR) is 50.1 cm³/mol. The summed E-state index contributed by atoms with van der Waals surface area (Å²) in [7, 11) is 0. The van der Waals surface area contributed by atoms with Crippen molar-refractivity contribution in [2.24, 2.45) is 0 Å². The lowest BCUT2D eigenvalue weighted by Gasteiger charge is -2.28. The van der Waals surface area contributed by atoms with Crippen molar-refractivity contribution in [3.05, 3.63) is 24.3 Å². The number of carbonyl (C=O) groups excluding carboxylic acids is 2. The molecule has 1 unspecified atom stereocenters. The van der Waals surface area contributed by atoms with Crippen LogP contribution < -0.4 is 9.64 Å². The first-order valence-electron chi connectivity index (χ1n) is 4.35. The molecule has 2 rings (SSSR count). The van der Waals surface area contributed by atoms with Crippen molar-refractivity contribution in [2.75, 3.05) is 4.90 Å². The highest BCUT2D eigenvalue weighted by atomic mass is 19.1. The minimum atomic E-state index is -2.11.